The van der Waals surface area contributed by atoms with Gasteiger partial charge in [0, 0.05) is 0 Å². The monoisotopic (exact) mass is 224 g/mol. The first-order valence-corrected chi connectivity index (χ1v) is 6.09. The maximum atomic E-state index is 2.31. The van der Waals surface area contributed by atoms with Crippen LogP contribution < -0.4 is 0 Å². The Morgan fingerprint density at radius 2 is 2.00 bits per heavy atom. The number of hydrogen-bond acceptors (Lipinski definition) is 0. The fraction of sp³-hybridized carbons (Fsp3) is 0.273. The number of benzene rings is 1. The standard InChI is InChI=1S/C11H12Se/c1-8(2)9-4-3-5-11-10(9)6-7-12-11/h3-8H,1-2H3. The van der Waals surface area contributed by atoms with Gasteiger partial charge >= 0.3 is 78.7 Å². The average molecular weight is 223 g/mol. The summed E-state index contributed by atoms with van der Waals surface area (Å²) in [5.41, 5.74) is 1.50. The zero-order valence-electron chi connectivity index (χ0n) is 7.37. The Kier molecular flexibility index (Phi) is 2.08. The van der Waals surface area contributed by atoms with E-state index >= 15 is 0 Å². The van der Waals surface area contributed by atoms with Crippen molar-refractivity contribution >= 4 is 24.1 Å². The van der Waals surface area contributed by atoms with E-state index in [0.717, 1.165) is 0 Å². The molecule has 2 aromatic rings. The molecule has 0 bridgehead atoms. The molecule has 1 heteroatoms. The fourth-order valence-corrected chi connectivity index (χ4v) is 3.24. The molecule has 1 aromatic carbocycles. The average Bonchev–Trinajstić information content (AvgIpc) is 2.49. The van der Waals surface area contributed by atoms with Gasteiger partial charge in [-0.25, -0.2) is 0 Å². The Balaban J connectivity index is 2.73. The molecule has 2 rings (SSSR count). The van der Waals surface area contributed by atoms with Crippen LogP contribution >= 0.6 is 0 Å². The van der Waals surface area contributed by atoms with E-state index < -0.39 is 0 Å². The molecule has 1 heterocycles. The Morgan fingerprint density at radius 3 is 2.75 bits per heavy atom. The Bertz CT molecular complexity index is 385. The third kappa shape index (κ3) is 1.24. The van der Waals surface area contributed by atoms with Crippen molar-refractivity contribution in [2.75, 3.05) is 0 Å². The van der Waals surface area contributed by atoms with Gasteiger partial charge in [0.2, 0.25) is 0 Å². The van der Waals surface area contributed by atoms with Gasteiger partial charge in [0.1, 0.15) is 0 Å². The summed E-state index contributed by atoms with van der Waals surface area (Å²) >= 11 is 0.597. The Hall–Kier alpha value is -0.521. The molecule has 1 aromatic heterocycles. The maximum absolute atomic E-state index is 2.31. The van der Waals surface area contributed by atoms with Crippen molar-refractivity contribution < 1.29 is 0 Å². The molecule has 0 N–H and O–H groups in total. The van der Waals surface area contributed by atoms with Crippen LogP contribution in [0.5, 0.6) is 0 Å². The zero-order chi connectivity index (χ0) is 8.55. The van der Waals surface area contributed by atoms with Crippen molar-refractivity contribution in [3.8, 4) is 0 Å². The van der Waals surface area contributed by atoms with E-state index in [1.165, 1.54) is 10.9 Å². The molecule has 0 radical (unpaired) electrons. The summed E-state index contributed by atoms with van der Waals surface area (Å²) in [5.74, 6) is 0.651. The first kappa shape index (κ1) is 8.09. The quantitative estimate of drug-likeness (QED) is 0.652. The molecule has 0 saturated carbocycles. The summed E-state index contributed by atoms with van der Waals surface area (Å²) in [5, 5.41) is 1.49. The van der Waals surface area contributed by atoms with Crippen molar-refractivity contribution in [3.05, 3.63) is 34.8 Å². The number of rotatable bonds is 1. The van der Waals surface area contributed by atoms with Crippen LogP contribution in [-0.2, 0) is 0 Å². The van der Waals surface area contributed by atoms with Crippen LogP contribution in [0.3, 0.4) is 0 Å². The van der Waals surface area contributed by atoms with Crippen molar-refractivity contribution in [2.24, 2.45) is 0 Å². The number of hydrogen-bond donors (Lipinski definition) is 0. The van der Waals surface area contributed by atoms with Gasteiger partial charge in [-0.15, -0.1) is 0 Å². The van der Waals surface area contributed by atoms with E-state index in [9.17, 15) is 0 Å². The van der Waals surface area contributed by atoms with Gasteiger partial charge in [0.05, 0.1) is 0 Å². The molecule has 0 unspecified atom stereocenters. The van der Waals surface area contributed by atoms with E-state index in [1.54, 1.807) is 4.26 Å². The van der Waals surface area contributed by atoms with Gasteiger partial charge < -0.3 is 0 Å². The molecule has 0 aliphatic heterocycles. The van der Waals surface area contributed by atoms with Gasteiger partial charge in [-0.05, 0) is 0 Å². The van der Waals surface area contributed by atoms with E-state index in [-0.39, 0.29) is 0 Å². The van der Waals surface area contributed by atoms with Gasteiger partial charge in [-0.3, -0.25) is 0 Å². The summed E-state index contributed by atoms with van der Waals surface area (Å²) in [7, 11) is 0. The molecule has 0 aliphatic rings. The molecule has 0 amide bonds. The van der Waals surface area contributed by atoms with E-state index in [1.807, 2.05) is 0 Å². The summed E-state index contributed by atoms with van der Waals surface area (Å²) in [4.78, 5) is 2.31. The van der Waals surface area contributed by atoms with E-state index in [2.05, 4.69) is 43.1 Å². The summed E-state index contributed by atoms with van der Waals surface area (Å²) in [6.45, 7) is 4.52. The predicted molar refractivity (Wildman–Crippen MR) is 55.0 cm³/mol. The van der Waals surface area contributed by atoms with Gasteiger partial charge in [0.15, 0.2) is 0 Å². The fourth-order valence-electron chi connectivity index (χ4n) is 1.52. The molecule has 0 saturated heterocycles. The van der Waals surface area contributed by atoms with Crippen LogP contribution in [0.1, 0.15) is 25.3 Å². The molecule has 0 nitrogen and oxygen atoms in total. The second kappa shape index (κ2) is 3.08. The van der Waals surface area contributed by atoms with Crippen LogP contribution in [0.15, 0.2) is 29.2 Å². The minimum atomic E-state index is 0.597. The second-order valence-electron chi connectivity index (χ2n) is 3.33. The van der Waals surface area contributed by atoms with Gasteiger partial charge in [0.25, 0.3) is 0 Å². The molecule has 62 valence electrons. The minimum absolute atomic E-state index is 0.597. The predicted octanol–water partition coefficient (Wildman–Crippen LogP) is 3.02. The van der Waals surface area contributed by atoms with Crippen LogP contribution in [-0.4, -0.2) is 14.5 Å². The van der Waals surface area contributed by atoms with E-state index in [4.69, 9.17) is 0 Å². The Labute approximate surface area is 79.0 Å². The van der Waals surface area contributed by atoms with E-state index in [0.29, 0.717) is 20.4 Å². The first-order chi connectivity index (χ1) is 5.79. The van der Waals surface area contributed by atoms with Gasteiger partial charge in [-0.1, -0.05) is 0 Å². The summed E-state index contributed by atoms with van der Waals surface area (Å²) < 4.78 is 1.55. The molecule has 0 atom stereocenters. The summed E-state index contributed by atoms with van der Waals surface area (Å²) in [6, 6.07) is 8.96. The van der Waals surface area contributed by atoms with Crippen LogP contribution in [0.4, 0.5) is 0 Å². The molecular formula is C11H12Se. The second-order valence-corrected chi connectivity index (χ2v) is 5.32. The Morgan fingerprint density at radius 1 is 1.17 bits per heavy atom. The molecular weight excluding hydrogens is 211 g/mol. The SMILES string of the molecule is CC(C)c1cccc2[se]ccc12. The van der Waals surface area contributed by atoms with Crippen LogP contribution in [0.2, 0.25) is 0 Å². The van der Waals surface area contributed by atoms with Crippen molar-refractivity contribution in [2.45, 2.75) is 19.8 Å². The number of fused-ring (bicyclic) bond motifs is 1. The van der Waals surface area contributed by atoms with Crippen LogP contribution in [0.25, 0.3) is 9.65 Å². The molecule has 0 spiro atoms. The normalized spacial score (nSPS) is 11.2. The summed E-state index contributed by atoms with van der Waals surface area (Å²) in [6.07, 6.45) is 0. The third-order valence-corrected chi connectivity index (χ3v) is 4.00. The van der Waals surface area contributed by atoms with Gasteiger partial charge in [-0.2, -0.15) is 0 Å². The first-order valence-electron chi connectivity index (χ1n) is 4.25. The zero-order valence-corrected chi connectivity index (χ0v) is 9.09. The third-order valence-electron chi connectivity index (χ3n) is 2.15. The van der Waals surface area contributed by atoms with Crippen molar-refractivity contribution in [3.63, 3.8) is 0 Å². The molecule has 12 heavy (non-hydrogen) atoms. The topological polar surface area (TPSA) is 0 Å². The molecule has 0 aliphatic carbocycles. The van der Waals surface area contributed by atoms with Crippen LogP contribution in [0, 0.1) is 0 Å². The van der Waals surface area contributed by atoms with Crippen molar-refractivity contribution in [1.29, 1.82) is 0 Å². The van der Waals surface area contributed by atoms with Crippen molar-refractivity contribution in [1.82, 2.24) is 0 Å². The molecule has 0 fully saturated rings.